The molecule has 8 heteroatoms. The number of aromatic nitrogens is 4. The van der Waals surface area contributed by atoms with Gasteiger partial charge in [-0.05, 0) is 0 Å². The molecule has 0 spiro atoms. The lowest BCUT2D eigenvalue weighted by Crippen LogP contribution is -2.25. The second kappa shape index (κ2) is 4.29. The summed E-state index contributed by atoms with van der Waals surface area (Å²) in [6, 6.07) is 0. The lowest BCUT2D eigenvalue weighted by molar-refractivity contribution is 0.105. The molecule has 2 rings (SSSR count). The summed E-state index contributed by atoms with van der Waals surface area (Å²) in [5, 5.41) is 20.4. The molecule has 2 aromatic rings. The Labute approximate surface area is 89.4 Å². The van der Waals surface area contributed by atoms with Gasteiger partial charge in [0.2, 0.25) is 5.95 Å². The third-order valence-electron chi connectivity index (χ3n) is 2.01. The summed E-state index contributed by atoms with van der Waals surface area (Å²) in [6.07, 6.45) is 0.472. The molecular weight excluding hydrogens is 214 g/mol. The number of hydrogen-bond donors (Lipinski definition) is 5. The molecule has 5 N–H and O–H groups in total. The molecule has 2 heterocycles. The highest BCUT2D eigenvalue weighted by atomic mass is 16.3. The first-order chi connectivity index (χ1) is 7.70. The summed E-state index contributed by atoms with van der Waals surface area (Å²) in [6.45, 7) is -0.267. The minimum Gasteiger partial charge on any atom is -0.394 e. The van der Waals surface area contributed by atoms with Crippen molar-refractivity contribution in [1.29, 1.82) is 0 Å². The SMILES string of the molecule is O=c1[nH]c(NC[C@H](O)CO)nc2nc[nH]c12. The predicted octanol–water partition coefficient (Wildman–Crippen LogP) is -1.59. The van der Waals surface area contributed by atoms with E-state index in [1.54, 1.807) is 0 Å². The van der Waals surface area contributed by atoms with Crippen LogP contribution < -0.4 is 10.9 Å². The van der Waals surface area contributed by atoms with Gasteiger partial charge >= 0.3 is 0 Å². The van der Waals surface area contributed by atoms with Crippen molar-refractivity contribution in [2.75, 3.05) is 18.5 Å². The molecule has 0 aliphatic rings. The summed E-state index contributed by atoms with van der Waals surface area (Å²) >= 11 is 0. The van der Waals surface area contributed by atoms with Gasteiger partial charge in [-0.15, -0.1) is 0 Å². The standard InChI is InChI=1S/C8H11N5O3/c14-2-4(15)1-9-8-12-6-5(7(16)13-8)10-3-11-6/h3-4,14-15H,1-2H2,(H3,9,10,11,12,13,16)/t4-/m0/s1. The van der Waals surface area contributed by atoms with Crippen LogP contribution in [-0.4, -0.2) is 49.4 Å². The Bertz CT molecular complexity index is 534. The number of hydrogen-bond acceptors (Lipinski definition) is 6. The zero-order chi connectivity index (χ0) is 11.5. The van der Waals surface area contributed by atoms with Gasteiger partial charge in [-0.25, -0.2) is 4.98 Å². The highest BCUT2D eigenvalue weighted by molar-refractivity contribution is 5.69. The first kappa shape index (κ1) is 10.6. The van der Waals surface area contributed by atoms with Crippen LogP contribution in [0.25, 0.3) is 11.2 Å². The minimum atomic E-state index is -0.903. The molecule has 0 fully saturated rings. The Balaban J connectivity index is 2.22. The Kier molecular flexibility index (Phi) is 2.84. The average molecular weight is 225 g/mol. The van der Waals surface area contributed by atoms with E-state index < -0.39 is 6.10 Å². The first-order valence-corrected chi connectivity index (χ1v) is 4.67. The second-order valence-electron chi connectivity index (χ2n) is 3.23. The third-order valence-corrected chi connectivity index (χ3v) is 2.01. The van der Waals surface area contributed by atoms with Crippen LogP contribution in [0.3, 0.4) is 0 Å². The number of nitrogens with zero attached hydrogens (tertiary/aromatic N) is 2. The highest BCUT2D eigenvalue weighted by Gasteiger charge is 2.07. The zero-order valence-corrected chi connectivity index (χ0v) is 8.27. The monoisotopic (exact) mass is 225 g/mol. The van der Waals surface area contributed by atoms with Crippen LogP contribution in [-0.2, 0) is 0 Å². The van der Waals surface area contributed by atoms with Crippen LogP contribution in [0, 0.1) is 0 Å². The van der Waals surface area contributed by atoms with Gasteiger partial charge < -0.3 is 20.5 Å². The third kappa shape index (κ3) is 2.02. The summed E-state index contributed by atoms with van der Waals surface area (Å²) < 4.78 is 0. The van der Waals surface area contributed by atoms with Crippen molar-refractivity contribution in [2.45, 2.75) is 6.10 Å². The summed E-state index contributed by atoms with van der Waals surface area (Å²) in [7, 11) is 0. The maximum Gasteiger partial charge on any atom is 0.278 e. The minimum absolute atomic E-state index is 0.0926. The van der Waals surface area contributed by atoms with E-state index in [0.29, 0.717) is 11.2 Å². The molecule has 0 bridgehead atoms. The normalized spacial score (nSPS) is 12.9. The number of H-pyrrole nitrogens is 2. The molecule has 16 heavy (non-hydrogen) atoms. The fourth-order valence-corrected chi connectivity index (χ4v) is 1.21. The second-order valence-corrected chi connectivity index (χ2v) is 3.23. The molecule has 1 atom stereocenters. The van der Waals surface area contributed by atoms with Crippen LogP contribution in [0.4, 0.5) is 5.95 Å². The van der Waals surface area contributed by atoms with Crippen molar-refractivity contribution < 1.29 is 10.2 Å². The van der Waals surface area contributed by atoms with Crippen LogP contribution in [0.1, 0.15) is 0 Å². The van der Waals surface area contributed by atoms with E-state index in [-0.39, 0.29) is 24.7 Å². The first-order valence-electron chi connectivity index (χ1n) is 4.67. The molecular formula is C8H11N5O3. The van der Waals surface area contributed by atoms with E-state index in [1.165, 1.54) is 6.33 Å². The number of aromatic amines is 2. The van der Waals surface area contributed by atoms with Gasteiger partial charge in [0, 0.05) is 6.54 Å². The Morgan fingerprint density at radius 1 is 1.56 bits per heavy atom. The molecule has 8 nitrogen and oxygen atoms in total. The number of fused-ring (bicyclic) bond motifs is 1. The van der Waals surface area contributed by atoms with E-state index in [0.717, 1.165) is 0 Å². The number of anilines is 1. The van der Waals surface area contributed by atoms with Gasteiger partial charge in [0.05, 0.1) is 19.0 Å². The van der Waals surface area contributed by atoms with E-state index >= 15 is 0 Å². The van der Waals surface area contributed by atoms with Crippen molar-refractivity contribution in [3.05, 3.63) is 16.7 Å². The number of aliphatic hydroxyl groups is 2. The topological polar surface area (TPSA) is 127 Å². The molecule has 86 valence electrons. The van der Waals surface area contributed by atoms with Crippen LogP contribution in [0.5, 0.6) is 0 Å². The fraction of sp³-hybridized carbons (Fsp3) is 0.375. The van der Waals surface area contributed by atoms with Crippen LogP contribution in [0.2, 0.25) is 0 Å². The molecule has 0 aliphatic carbocycles. The van der Waals surface area contributed by atoms with Gasteiger partial charge in [0.1, 0.15) is 0 Å². The summed E-state index contributed by atoms with van der Waals surface area (Å²) in [5.74, 6) is 0.206. The van der Waals surface area contributed by atoms with Crippen molar-refractivity contribution in [3.8, 4) is 0 Å². The van der Waals surface area contributed by atoms with E-state index in [1.807, 2.05) is 0 Å². The predicted molar refractivity (Wildman–Crippen MR) is 56.1 cm³/mol. The molecule has 0 radical (unpaired) electrons. The lowest BCUT2D eigenvalue weighted by Gasteiger charge is -2.08. The van der Waals surface area contributed by atoms with E-state index in [9.17, 15) is 4.79 Å². The van der Waals surface area contributed by atoms with Crippen molar-refractivity contribution in [1.82, 2.24) is 19.9 Å². The number of aliphatic hydroxyl groups excluding tert-OH is 2. The highest BCUT2D eigenvalue weighted by Crippen LogP contribution is 2.02. The zero-order valence-electron chi connectivity index (χ0n) is 8.27. The molecule has 0 amide bonds. The summed E-state index contributed by atoms with van der Waals surface area (Å²) in [4.78, 5) is 24.4. The van der Waals surface area contributed by atoms with Crippen molar-refractivity contribution in [3.63, 3.8) is 0 Å². The summed E-state index contributed by atoms with van der Waals surface area (Å²) in [5.41, 5.74) is 0.251. The maximum atomic E-state index is 11.5. The van der Waals surface area contributed by atoms with E-state index in [4.69, 9.17) is 10.2 Å². The number of imidazole rings is 1. The largest absolute Gasteiger partial charge is 0.394 e. The van der Waals surface area contributed by atoms with E-state index in [2.05, 4.69) is 25.3 Å². The molecule has 0 aliphatic heterocycles. The van der Waals surface area contributed by atoms with Gasteiger partial charge in [-0.3, -0.25) is 9.78 Å². The quantitative estimate of drug-likeness (QED) is 0.427. The van der Waals surface area contributed by atoms with Crippen molar-refractivity contribution >= 4 is 17.1 Å². The lowest BCUT2D eigenvalue weighted by atomic mass is 10.4. The molecule has 2 aromatic heterocycles. The Hall–Kier alpha value is -1.93. The van der Waals surface area contributed by atoms with Gasteiger partial charge in [-0.2, -0.15) is 4.98 Å². The molecule has 0 unspecified atom stereocenters. The number of nitrogens with one attached hydrogen (secondary N) is 3. The smallest absolute Gasteiger partial charge is 0.278 e. The van der Waals surface area contributed by atoms with Crippen molar-refractivity contribution in [2.24, 2.45) is 0 Å². The maximum absolute atomic E-state index is 11.5. The Morgan fingerprint density at radius 2 is 2.38 bits per heavy atom. The fourth-order valence-electron chi connectivity index (χ4n) is 1.21. The molecule has 0 saturated carbocycles. The van der Waals surface area contributed by atoms with Crippen LogP contribution in [0.15, 0.2) is 11.1 Å². The molecule has 0 saturated heterocycles. The van der Waals surface area contributed by atoms with Gasteiger partial charge in [0.25, 0.3) is 5.56 Å². The van der Waals surface area contributed by atoms with Gasteiger partial charge in [0.15, 0.2) is 11.2 Å². The number of rotatable bonds is 4. The van der Waals surface area contributed by atoms with Crippen LogP contribution >= 0.6 is 0 Å². The Morgan fingerprint density at radius 3 is 3.12 bits per heavy atom. The molecule has 0 aromatic carbocycles. The van der Waals surface area contributed by atoms with Gasteiger partial charge in [-0.1, -0.05) is 0 Å². The average Bonchev–Trinajstić information content (AvgIpc) is 2.74.